The van der Waals surface area contributed by atoms with Crippen LogP contribution in [0, 0.1) is 5.92 Å². The lowest BCUT2D eigenvalue weighted by Gasteiger charge is -2.15. The number of rotatable bonds is 6. The third-order valence-electron chi connectivity index (χ3n) is 4.96. The first-order valence-electron chi connectivity index (χ1n) is 8.36. The molecule has 126 valence electrons. The molecule has 2 aromatic rings. The van der Waals surface area contributed by atoms with E-state index in [1.807, 2.05) is 30.3 Å². The van der Waals surface area contributed by atoms with Crippen LogP contribution in [0.4, 0.5) is 0 Å². The van der Waals surface area contributed by atoms with Gasteiger partial charge in [0, 0.05) is 23.9 Å². The SMILES string of the molecule is C[C@@]1(c2ccccc2)C[C@H]1C(=O)NC[C@@H](N)Cc1ccc(O)cc1. The number of aromatic hydroxyl groups is 1. The molecule has 1 aliphatic rings. The molecular weight excluding hydrogens is 300 g/mol. The lowest BCUT2D eigenvalue weighted by atomic mass is 9.95. The highest BCUT2D eigenvalue weighted by Gasteiger charge is 2.55. The van der Waals surface area contributed by atoms with Crippen molar-refractivity contribution in [1.82, 2.24) is 5.32 Å². The highest BCUT2D eigenvalue weighted by molar-refractivity contribution is 5.84. The molecule has 2 aromatic carbocycles. The first kappa shape index (κ1) is 16.5. The van der Waals surface area contributed by atoms with Crippen molar-refractivity contribution in [3.05, 3.63) is 65.7 Å². The van der Waals surface area contributed by atoms with Crippen molar-refractivity contribution in [2.45, 2.75) is 31.2 Å². The van der Waals surface area contributed by atoms with Gasteiger partial charge in [-0.3, -0.25) is 4.79 Å². The van der Waals surface area contributed by atoms with Crippen LogP contribution in [-0.2, 0) is 16.6 Å². The fourth-order valence-corrected chi connectivity index (χ4v) is 3.25. The van der Waals surface area contributed by atoms with Gasteiger partial charge in [0.05, 0.1) is 0 Å². The van der Waals surface area contributed by atoms with Crippen LogP contribution in [0.25, 0.3) is 0 Å². The molecule has 1 fully saturated rings. The van der Waals surface area contributed by atoms with Gasteiger partial charge in [-0.15, -0.1) is 0 Å². The van der Waals surface area contributed by atoms with E-state index in [1.54, 1.807) is 12.1 Å². The summed E-state index contributed by atoms with van der Waals surface area (Å²) >= 11 is 0. The van der Waals surface area contributed by atoms with Gasteiger partial charge in [-0.1, -0.05) is 49.4 Å². The van der Waals surface area contributed by atoms with Gasteiger partial charge in [0.25, 0.3) is 0 Å². The molecule has 0 bridgehead atoms. The van der Waals surface area contributed by atoms with Crippen molar-refractivity contribution in [2.24, 2.45) is 11.7 Å². The number of carbonyl (C=O) groups is 1. The van der Waals surface area contributed by atoms with E-state index in [4.69, 9.17) is 5.73 Å². The van der Waals surface area contributed by atoms with Gasteiger partial charge < -0.3 is 16.2 Å². The summed E-state index contributed by atoms with van der Waals surface area (Å²) in [5.74, 6) is 0.359. The normalized spacial score (nSPS) is 23.5. The molecule has 3 rings (SSSR count). The van der Waals surface area contributed by atoms with E-state index >= 15 is 0 Å². The number of benzene rings is 2. The Labute approximate surface area is 142 Å². The standard InChI is InChI=1S/C20H24N2O2/c1-20(15-5-3-2-4-6-15)12-18(20)19(24)22-13-16(21)11-14-7-9-17(23)10-8-14/h2-10,16,18,23H,11-13,21H2,1H3,(H,22,24)/t16-,18-,20-/m0/s1. The summed E-state index contributed by atoms with van der Waals surface area (Å²) < 4.78 is 0. The van der Waals surface area contributed by atoms with Crippen molar-refractivity contribution in [2.75, 3.05) is 6.54 Å². The van der Waals surface area contributed by atoms with E-state index < -0.39 is 0 Å². The number of hydrogen-bond acceptors (Lipinski definition) is 3. The number of amides is 1. The lowest BCUT2D eigenvalue weighted by molar-refractivity contribution is -0.122. The second kappa shape index (κ2) is 6.65. The molecule has 4 heteroatoms. The largest absolute Gasteiger partial charge is 0.508 e. The zero-order chi connectivity index (χ0) is 17.2. The first-order valence-corrected chi connectivity index (χ1v) is 8.36. The van der Waals surface area contributed by atoms with Gasteiger partial charge in [-0.05, 0) is 36.1 Å². The average Bonchev–Trinajstić information content (AvgIpc) is 3.29. The van der Waals surface area contributed by atoms with E-state index in [1.165, 1.54) is 5.56 Å². The number of phenols is 1. The van der Waals surface area contributed by atoms with Crippen LogP contribution in [-0.4, -0.2) is 23.6 Å². The molecule has 1 saturated carbocycles. The Morgan fingerprint density at radius 2 is 1.92 bits per heavy atom. The van der Waals surface area contributed by atoms with Crippen LogP contribution >= 0.6 is 0 Å². The van der Waals surface area contributed by atoms with Gasteiger partial charge in [0.2, 0.25) is 5.91 Å². The highest BCUT2D eigenvalue weighted by Crippen LogP contribution is 2.53. The summed E-state index contributed by atoms with van der Waals surface area (Å²) in [5, 5.41) is 12.3. The van der Waals surface area contributed by atoms with Crippen LogP contribution in [0.15, 0.2) is 54.6 Å². The molecule has 0 saturated heterocycles. The Hall–Kier alpha value is -2.33. The third kappa shape index (κ3) is 3.60. The summed E-state index contributed by atoms with van der Waals surface area (Å²) in [6.07, 6.45) is 1.55. The molecule has 24 heavy (non-hydrogen) atoms. The molecule has 1 amide bonds. The average molecular weight is 324 g/mol. The van der Waals surface area contributed by atoms with Crippen molar-refractivity contribution >= 4 is 5.91 Å². The van der Waals surface area contributed by atoms with E-state index in [2.05, 4.69) is 24.4 Å². The highest BCUT2D eigenvalue weighted by atomic mass is 16.3. The van der Waals surface area contributed by atoms with Gasteiger partial charge in [-0.25, -0.2) is 0 Å². The summed E-state index contributed by atoms with van der Waals surface area (Å²) in [6.45, 7) is 2.60. The predicted octanol–water partition coefficient (Wildman–Crippen LogP) is 2.36. The minimum Gasteiger partial charge on any atom is -0.508 e. The van der Waals surface area contributed by atoms with Gasteiger partial charge in [0.1, 0.15) is 5.75 Å². The van der Waals surface area contributed by atoms with Crippen molar-refractivity contribution in [1.29, 1.82) is 0 Å². The maximum Gasteiger partial charge on any atom is 0.224 e. The molecule has 0 radical (unpaired) electrons. The van der Waals surface area contributed by atoms with Crippen LogP contribution in [0.3, 0.4) is 0 Å². The second-order valence-corrected chi connectivity index (χ2v) is 6.92. The van der Waals surface area contributed by atoms with E-state index in [9.17, 15) is 9.90 Å². The molecule has 1 aliphatic carbocycles. The predicted molar refractivity (Wildman–Crippen MR) is 94.7 cm³/mol. The summed E-state index contributed by atoms with van der Waals surface area (Å²) in [6, 6.07) is 17.1. The molecule has 0 spiro atoms. The fourth-order valence-electron chi connectivity index (χ4n) is 3.25. The smallest absolute Gasteiger partial charge is 0.224 e. The zero-order valence-electron chi connectivity index (χ0n) is 13.9. The topological polar surface area (TPSA) is 75.4 Å². The summed E-state index contributed by atoms with van der Waals surface area (Å²) in [4.78, 5) is 12.4. The molecule has 0 unspecified atom stereocenters. The van der Waals surface area contributed by atoms with Gasteiger partial charge in [0.15, 0.2) is 0 Å². The van der Waals surface area contributed by atoms with Crippen LogP contribution in [0.5, 0.6) is 5.75 Å². The molecule has 3 atom stereocenters. The second-order valence-electron chi connectivity index (χ2n) is 6.92. The number of nitrogens with two attached hydrogens (primary N) is 1. The maximum atomic E-state index is 12.4. The van der Waals surface area contributed by atoms with Crippen LogP contribution < -0.4 is 11.1 Å². The number of hydrogen-bond donors (Lipinski definition) is 3. The minimum absolute atomic E-state index is 0.0285. The molecule has 0 aromatic heterocycles. The molecule has 0 aliphatic heterocycles. The quantitative estimate of drug-likeness (QED) is 0.763. The Kier molecular flexibility index (Phi) is 4.58. The molecule has 4 nitrogen and oxygen atoms in total. The minimum atomic E-state index is -0.139. The summed E-state index contributed by atoms with van der Waals surface area (Å²) in [5.41, 5.74) is 8.34. The molecule has 4 N–H and O–H groups in total. The Balaban J connectivity index is 1.49. The van der Waals surface area contributed by atoms with Crippen molar-refractivity contribution < 1.29 is 9.90 Å². The number of phenolic OH excluding ortho intramolecular Hbond substituents is 1. The Bertz CT molecular complexity index is 699. The van der Waals surface area contributed by atoms with Gasteiger partial charge >= 0.3 is 0 Å². The van der Waals surface area contributed by atoms with E-state index in [0.29, 0.717) is 13.0 Å². The van der Waals surface area contributed by atoms with Gasteiger partial charge in [-0.2, -0.15) is 0 Å². The molecular formula is C20H24N2O2. The first-order chi connectivity index (χ1) is 11.5. The lowest BCUT2D eigenvalue weighted by Crippen LogP contribution is -2.40. The van der Waals surface area contributed by atoms with Crippen molar-refractivity contribution in [3.63, 3.8) is 0 Å². The van der Waals surface area contributed by atoms with E-state index in [-0.39, 0.29) is 29.0 Å². The summed E-state index contributed by atoms with van der Waals surface area (Å²) in [7, 11) is 0. The third-order valence-corrected chi connectivity index (χ3v) is 4.96. The fraction of sp³-hybridized carbons (Fsp3) is 0.350. The van der Waals surface area contributed by atoms with Crippen LogP contribution in [0.1, 0.15) is 24.5 Å². The van der Waals surface area contributed by atoms with Crippen LogP contribution in [0.2, 0.25) is 0 Å². The molecule has 0 heterocycles. The zero-order valence-corrected chi connectivity index (χ0v) is 13.9. The Morgan fingerprint density at radius 3 is 2.58 bits per heavy atom. The maximum absolute atomic E-state index is 12.4. The Morgan fingerprint density at radius 1 is 1.25 bits per heavy atom. The van der Waals surface area contributed by atoms with E-state index in [0.717, 1.165) is 12.0 Å². The van der Waals surface area contributed by atoms with Crippen molar-refractivity contribution in [3.8, 4) is 5.75 Å². The number of carbonyl (C=O) groups excluding carboxylic acids is 1. The monoisotopic (exact) mass is 324 g/mol. The number of nitrogens with one attached hydrogen (secondary N) is 1.